The molecule has 162 valence electrons. The summed E-state index contributed by atoms with van der Waals surface area (Å²) in [6.45, 7) is 8.44. The summed E-state index contributed by atoms with van der Waals surface area (Å²) in [5.74, 6) is 1.64. The molecule has 1 aromatic carbocycles. The molecular formula is C25H34N2O3. The van der Waals surface area contributed by atoms with E-state index in [-0.39, 0.29) is 29.4 Å². The summed E-state index contributed by atoms with van der Waals surface area (Å²) in [6, 6.07) is 6.69. The fourth-order valence-corrected chi connectivity index (χ4v) is 6.71. The van der Waals surface area contributed by atoms with Crippen LogP contribution in [-0.2, 0) is 4.79 Å². The fraction of sp³-hybridized carbons (Fsp3) is 0.640. The zero-order valence-electron chi connectivity index (χ0n) is 18.5. The molecule has 2 aromatic rings. The highest BCUT2D eigenvalue weighted by atomic mass is 16.5. The van der Waals surface area contributed by atoms with Gasteiger partial charge in [0.15, 0.2) is 0 Å². The molecular weight excluding hydrogens is 376 g/mol. The molecule has 0 radical (unpaired) electrons. The Morgan fingerprint density at radius 1 is 1.27 bits per heavy atom. The molecule has 3 heterocycles. The number of amides is 1. The van der Waals surface area contributed by atoms with Gasteiger partial charge >= 0.3 is 0 Å². The topological polar surface area (TPSA) is 65.6 Å². The largest absolute Gasteiger partial charge is 0.490 e. The lowest BCUT2D eigenvalue weighted by molar-refractivity contribution is -0.185. The number of carbonyl (C=O) groups is 1. The van der Waals surface area contributed by atoms with Crippen molar-refractivity contribution in [3.05, 3.63) is 30.0 Å². The zero-order valence-corrected chi connectivity index (χ0v) is 18.5. The minimum Gasteiger partial charge on any atom is -0.490 e. The molecule has 30 heavy (non-hydrogen) atoms. The number of nitrogens with zero attached hydrogens (tertiary/aromatic N) is 1. The standard InChI is InChI=1S/C25H34N2O3/c1-14(2)30-21-7-5-6-20-23(21)19(13-26-20)15(3)8-22(28)27-17-9-16-10-18(27)12-25(4,11-17)24(16)29/h5-7,13-18,24,26,29H,8-12H2,1-4H3. The maximum atomic E-state index is 13.4. The van der Waals surface area contributed by atoms with Crippen molar-refractivity contribution in [2.75, 3.05) is 0 Å². The van der Waals surface area contributed by atoms with E-state index in [0.29, 0.717) is 24.4 Å². The Morgan fingerprint density at radius 2 is 1.97 bits per heavy atom. The van der Waals surface area contributed by atoms with Gasteiger partial charge < -0.3 is 19.7 Å². The predicted octanol–water partition coefficient (Wildman–Crippen LogP) is 4.60. The van der Waals surface area contributed by atoms with Crippen molar-refractivity contribution >= 4 is 16.8 Å². The van der Waals surface area contributed by atoms with Crippen molar-refractivity contribution in [1.82, 2.24) is 9.88 Å². The fourth-order valence-electron chi connectivity index (χ4n) is 6.71. The number of piperidine rings is 2. The molecule has 1 amide bonds. The second-order valence-corrected chi connectivity index (χ2v) is 10.5. The van der Waals surface area contributed by atoms with Crippen LogP contribution in [0, 0.1) is 11.3 Å². The number of aromatic nitrogens is 1. The number of rotatable bonds is 5. The summed E-state index contributed by atoms with van der Waals surface area (Å²) >= 11 is 0. The molecule has 4 atom stereocenters. The van der Waals surface area contributed by atoms with Crippen LogP contribution in [0.4, 0.5) is 0 Å². The van der Waals surface area contributed by atoms with Crippen molar-refractivity contribution in [2.24, 2.45) is 11.3 Å². The van der Waals surface area contributed by atoms with Crippen molar-refractivity contribution in [3.63, 3.8) is 0 Å². The number of hydrogen-bond donors (Lipinski definition) is 2. The molecule has 6 rings (SSSR count). The molecule has 5 nitrogen and oxygen atoms in total. The number of benzene rings is 1. The summed E-state index contributed by atoms with van der Waals surface area (Å²) < 4.78 is 6.06. The number of aliphatic hydroxyl groups excluding tert-OH is 1. The van der Waals surface area contributed by atoms with E-state index >= 15 is 0 Å². The van der Waals surface area contributed by atoms with Gasteiger partial charge in [-0.1, -0.05) is 19.9 Å². The molecule has 4 bridgehead atoms. The van der Waals surface area contributed by atoms with Gasteiger partial charge in [-0.25, -0.2) is 0 Å². The molecule has 4 unspecified atom stereocenters. The van der Waals surface area contributed by atoms with Gasteiger partial charge in [0.2, 0.25) is 5.91 Å². The van der Waals surface area contributed by atoms with E-state index < -0.39 is 0 Å². The number of fused-ring (bicyclic) bond motifs is 1. The van der Waals surface area contributed by atoms with Gasteiger partial charge in [0, 0.05) is 35.6 Å². The molecule has 2 N–H and O–H groups in total. The van der Waals surface area contributed by atoms with Gasteiger partial charge in [0.25, 0.3) is 0 Å². The lowest BCUT2D eigenvalue weighted by Crippen LogP contribution is -2.67. The van der Waals surface area contributed by atoms with Gasteiger partial charge in [-0.3, -0.25) is 4.79 Å². The number of aromatic amines is 1. The molecule has 5 heteroatoms. The van der Waals surface area contributed by atoms with E-state index in [4.69, 9.17) is 4.74 Å². The van der Waals surface area contributed by atoms with Crippen molar-refractivity contribution < 1.29 is 14.6 Å². The van der Waals surface area contributed by atoms with E-state index in [9.17, 15) is 9.90 Å². The maximum Gasteiger partial charge on any atom is 0.223 e. The summed E-state index contributed by atoms with van der Waals surface area (Å²) in [4.78, 5) is 19.0. The van der Waals surface area contributed by atoms with Crippen molar-refractivity contribution in [3.8, 4) is 5.75 Å². The van der Waals surface area contributed by atoms with Crippen LogP contribution in [0.2, 0.25) is 0 Å². The number of aliphatic hydroxyl groups is 1. The van der Waals surface area contributed by atoms with Crippen LogP contribution in [0.5, 0.6) is 5.75 Å². The highest BCUT2D eigenvalue weighted by Gasteiger charge is 2.58. The van der Waals surface area contributed by atoms with Crippen LogP contribution in [0.25, 0.3) is 10.9 Å². The van der Waals surface area contributed by atoms with Crippen molar-refractivity contribution in [1.29, 1.82) is 0 Å². The summed E-state index contributed by atoms with van der Waals surface area (Å²) in [5, 5.41) is 11.8. The normalized spacial score (nSPS) is 33.5. The van der Waals surface area contributed by atoms with Crippen LogP contribution in [0.15, 0.2) is 24.4 Å². The first kappa shape index (κ1) is 19.9. The average Bonchev–Trinajstić information content (AvgIpc) is 3.10. The molecule has 2 saturated carbocycles. The molecule has 2 aliphatic heterocycles. The second kappa shape index (κ2) is 7.01. The first-order valence-corrected chi connectivity index (χ1v) is 11.5. The Bertz CT molecular complexity index is 948. The Labute approximate surface area is 178 Å². The number of H-pyrrole nitrogens is 1. The minimum absolute atomic E-state index is 0.00117. The maximum absolute atomic E-state index is 13.4. The molecule has 2 saturated heterocycles. The third kappa shape index (κ3) is 3.05. The molecule has 4 aliphatic rings. The monoisotopic (exact) mass is 410 g/mol. The molecule has 1 aromatic heterocycles. The minimum atomic E-state index is -0.188. The van der Waals surface area contributed by atoms with Crippen LogP contribution in [-0.4, -0.2) is 45.2 Å². The van der Waals surface area contributed by atoms with Gasteiger partial charge in [0.05, 0.1) is 12.2 Å². The Kier molecular flexibility index (Phi) is 4.66. The van der Waals surface area contributed by atoms with Crippen LogP contribution in [0.1, 0.15) is 71.3 Å². The lowest BCUT2D eigenvalue weighted by Gasteiger charge is -2.63. The van der Waals surface area contributed by atoms with Gasteiger partial charge in [0.1, 0.15) is 5.75 Å². The second-order valence-electron chi connectivity index (χ2n) is 10.5. The molecule has 2 aliphatic carbocycles. The Hall–Kier alpha value is -2.01. The molecule has 0 spiro atoms. The number of hydrogen-bond acceptors (Lipinski definition) is 3. The third-order valence-corrected chi connectivity index (χ3v) is 7.86. The van der Waals surface area contributed by atoms with E-state index in [0.717, 1.165) is 47.9 Å². The first-order valence-electron chi connectivity index (χ1n) is 11.5. The third-order valence-electron chi connectivity index (χ3n) is 7.86. The van der Waals surface area contributed by atoms with Crippen LogP contribution >= 0.6 is 0 Å². The number of carbonyl (C=O) groups excluding carboxylic acids is 1. The SMILES string of the molecule is CC(C)Oc1cccc2[nH]cc(C(C)CC(=O)N3C4CC5CC3CC(C)(C4)C5O)c12. The van der Waals surface area contributed by atoms with E-state index in [2.05, 4.69) is 29.8 Å². The van der Waals surface area contributed by atoms with Gasteiger partial charge in [-0.2, -0.15) is 0 Å². The van der Waals surface area contributed by atoms with Crippen molar-refractivity contribution in [2.45, 2.75) is 90.0 Å². The van der Waals surface area contributed by atoms with E-state index in [1.807, 2.05) is 32.2 Å². The van der Waals surface area contributed by atoms with E-state index in [1.54, 1.807) is 0 Å². The first-order chi connectivity index (χ1) is 14.3. The Balaban J connectivity index is 1.37. The van der Waals surface area contributed by atoms with Gasteiger partial charge in [-0.05, 0) is 74.5 Å². The zero-order chi connectivity index (χ0) is 21.2. The Morgan fingerprint density at radius 3 is 2.60 bits per heavy atom. The highest BCUT2D eigenvalue weighted by molar-refractivity contribution is 5.90. The highest BCUT2D eigenvalue weighted by Crippen LogP contribution is 2.56. The number of ether oxygens (including phenoxy) is 1. The lowest BCUT2D eigenvalue weighted by atomic mass is 9.54. The van der Waals surface area contributed by atoms with Crippen LogP contribution in [0.3, 0.4) is 0 Å². The van der Waals surface area contributed by atoms with E-state index in [1.165, 1.54) is 0 Å². The molecule has 4 fully saturated rings. The van der Waals surface area contributed by atoms with Gasteiger partial charge in [-0.15, -0.1) is 0 Å². The number of nitrogens with one attached hydrogen (secondary N) is 1. The predicted molar refractivity (Wildman–Crippen MR) is 118 cm³/mol. The smallest absolute Gasteiger partial charge is 0.223 e. The summed E-state index contributed by atoms with van der Waals surface area (Å²) in [5.41, 5.74) is 2.21. The van der Waals surface area contributed by atoms with Crippen LogP contribution < -0.4 is 4.74 Å². The summed E-state index contributed by atoms with van der Waals surface area (Å²) in [6.07, 6.45) is 6.29. The summed E-state index contributed by atoms with van der Waals surface area (Å²) in [7, 11) is 0. The average molecular weight is 411 g/mol. The quantitative estimate of drug-likeness (QED) is 0.757.